The van der Waals surface area contributed by atoms with Crippen LogP contribution in [0.5, 0.6) is 11.5 Å². The maximum Gasteiger partial charge on any atom is 0.341 e. The zero-order chi connectivity index (χ0) is 26.0. The number of nitrogens with one attached hydrogen (secondary N) is 1. The van der Waals surface area contributed by atoms with Gasteiger partial charge in [0.2, 0.25) is 5.62 Å². The largest absolute Gasteiger partial charge is 0.504 e. The molecule has 0 aliphatic carbocycles. The zero-order valence-corrected chi connectivity index (χ0v) is 22.6. The van der Waals surface area contributed by atoms with E-state index in [2.05, 4.69) is 0 Å². The fraction of sp³-hybridized carbons (Fsp3) is 0.250. The monoisotopic (exact) mass is 567 g/mol. The highest BCUT2D eigenvalue weighted by Gasteiger charge is 2.25. The summed E-state index contributed by atoms with van der Waals surface area (Å²) in [6, 6.07) is 20.4. The smallest absolute Gasteiger partial charge is 0.341 e. The molecule has 0 fully saturated rings. The van der Waals surface area contributed by atoms with E-state index in [0.717, 1.165) is 16.6 Å². The lowest BCUT2D eigenvalue weighted by Gasteiger charge is -2.23. The number of ketones is 1. The average Bonchev–Trinajstić information content (AvgIpc) is 3.09. The third-order valence-corrected chi connectivity index (χ3v) is 6.02. The molecule has 37 heavy (non-hydrogen) atoms. The Balaban J connectivity index is 0.00000380. The van der Waals surface area contributed by atoms with Gasteiger partial charge in [0, 0.05) is 11.1 Å². The number of Topliss-reactive ketones (excluding diaryl/α,β-unsaturated/α-hetero) is 1. The highest BCUT2D eigenvalue weighted by atomic mass is 79.9. The Bertz CT molecular complexity index is 1500. The molecule has 0 radical (unpaired) electrons. The Morgan fingerprint density at radius 1 is 0.946 bits per heavy atom. The minimum Gasteiger partial charge on any atom is -0.504 e. The van der Waals surface area contributed by atoms with E-state index in [0.29, 0.717) is 12.1 Å². The van der Waals surface area contributed by atoms with Crippen molar-refractivity contribution < 1.29 is 24.5 Å². The highest BCUT2D eigenvalue weighted by Crippen LogP contribution is 2.39. The number of carboxylic acid groups (broad SMARTS) is 1. The van der Waals surface area contributed by atoms with Crippen LogP contribution >= 0.6 is 17.0 Å². The minimum absolute atomic E-state index is 0. The normalized spacial score (nSPS) is 11.2. The van der Waals surface area contributed by atoms with Crippen molar-refractivity contribution in [1.82, 2.24) is 9.13 Å². The highest BCUT2D eigenvalue weighted by molar-refractivity contribution is 8.93. The van der Waals surface area contributed by atoms with E-state index in [4.69, 9.17) is 15.3 Å². The first kappa shape index (κ1) is 27.7. The summed E-state index contributed by atoms with van der Waals surface area (Å²) in [5.74, 6) is -1.73. The van der Waals surface area contributed by atoms with Crippen LogP contribution in [0.15, 0.2) is 66.7 Å². The molecule has 0 atom stereocenters. The molecule has 4 rings (SSSR count). The second-order valence-corrected chi connectivity index (χ2v) is 9.70. The van der Waals surface area contributed by atoms with Crippen LogP contribution in [-0.2, 0) is 23.3 Å². The minimum atomic E-state index is -1.19. The molecule has 0 saturated carbocycles. The van der Waals surface area contributed by atoms with Gasteiger partial charge in [-0.1, -0.05) is 63.2 Å². The van der Waals surface area contributed by atoms with Gasteiger partial charge in [0.1, 0.15) is 0 Å². The van der Waals surface area contributed by atoms with Crippen LogP contribution in [0.2, 0.25) is 0 Å². The standard InChI is InChI=1S/C28H29N3O5.BrH/c1-28(2,3)20-13-19(14-24(26(20)35)36-17-25(33)34)23(32)16-31-22-12-8-7-11-21(22)30(27(31)29)15-18-9-5-4-6-10-18;/h4-14,29,35H,15-17H2,1-3H3,(H,33,34);1H. The summed E-state index contributed by atoms with van der Waals surface area (Å²) in [6.45, 7) is 5.38. The van der Waals surface area contributed by atoms with E-state index in [9.17, 15) is 14.7 Å². The van der Waals surface area contributed by atoms with Crippen molar-refractivity contribution in [2.24, 2.45) is 0 Å². The third kappa shape index (κ3) is 5.94. The number of phenolic OH excluding ortho intramolecular Hbond substituents is 1. The Labute approximate surface area is 225 Å². The van der Waals surface area contributed by atoms with Crippen molar-refractivity contribution in [3.8, 4) is 11.5 Å². The molecule has 1 heterocycles. The van der Waals surface area contributed by atoms with Crippen molar-refractivity contribution in [3.63, 3.8) is 0 Å². The molecule has 0 aliphatic rings. The molecule has 9 heteroatoms. The van der Waals surface area contributed by atoms with Crippen molar-refractivity contribution in [2.45, 2.75) is 39.3 Å². The summed E-state index contributed by atoms with van der Waals surface area (Å²) in [5, 5.41) is 28.6. The summed E-state index contributed by atoms with van der Waals surface area (Å²) in [6.07, 6.45) is 0. The summed E-state index contributed by atoms with van der Waals surface area (Å²) in [7, 11) is 0. The molecule has 3 aromatic carbocycles. The number of carbonyl (C=O) groups is 2. The summed E-state index contributed by atoms with van der Waals surface area (Å²) in [4.78, 5) is 24.5. The van der Waals surface area contributed by atoms with Crippen LogP contribution in [0.1, 0.15) is 42.3 Å². The van der Waals surface area contributed by atoms with Crippen molar-refractivity contribution >= 4 is 39.8 Å². The molecule has 8 nitrogen and oxygen atoms in total. The number of fused-ring (bicyclic) bond motifs is 1. The van der Waals surface area contributed by atoms with Gasteiger partial charge in [0.25, 0.3) is 0 Å². The Morgan fingerprint density at radius 3 is 2.14 bits per heavy atom. The summed E-state index contributed by atoms with van der Waals surface area (Å²) < 4.78 is 8.80. The number of aromatic hydroxyl groups is 1. The zero-order valence-electron chi connectivity index (χ0n) is 20.9. The molecule has 0 spiro atoms. The topological polar surface area (TPSA) is 118 Å². The molecule has 4 aromatic rings. The van der Waals surface area contributed by atoms with Crippen molar-refractivity contribution in [1.29, 1.82) is 5.41 Å². The first-order chi connectivity index (χ1) is 17.1. The van der Waals surface area contributed by atoms with Crippen LogP contribution in [0.4, 0.5) is 0 Å². The second kappa shape index (κ2) is 11.0. The predicted molar refractivity (Wildman–Crippen MR) is 146 cm³/mol. The number of aliphatic carboxylic acids is 1. The van der Waals surface area contributed by atoms with E-state index >= 15 is 0 Å². The van der Waals surface area contributed by atoms with Gasteiger partial charge >= 0.3 is 5.97 Å². The number of aromatic nitrogens is 2. The number of hydrogen-bond donors (Lipinski definition) is 3. The first-order valence-electron chi connectivity index (χ1n) is 11.6. The van der Waals surface area contributed by atoms with Gasteiger partial charge in [0.05, 0.1) is 24.1 Å². The second-order valence-electron chi connectivity index (χ2n) is 9.70. The maximum atomic E-state index is 13.5. The number of para-hydroxylation sites is 2. The van der Waals surface area contributed by atoms with Gasteiger partial charge < -0.3 is 24.1 Å². The number of halogens is 1. The Kier molecular flexibility index (Phi) is 8.28. The number of rotatable bonds is 8. The van der Waals surface area contributed by atoms with E-state index in [1.807, 2.05) is 79.9 Å². The number of carbonyl (C=O) groups excluding carboxylic acids is 1. The lowest BCUT2D eigenvalue weighted by Crippen LogP contribution is -2.28. The molecule has 3 N–H and O–H groups in total. The lowest BCUT2D eigenvalue weighted by molar-refractivity contribution is -0.139. The van der Waals surface area contributed by atoms with Gasteiger partial charge in [0.15, 0.2) is 23.9 Å². The van der Waals surface area contributed by atoms with Crippen LogP contribution < -0.4 is 10.4 Å². The van der Waals surface area contributed by atoms with E-state index in [1.165, 1.54) is 6.07 Å². The molecule has 194 valence electrons. The van der Waals surface area contributed by atoms with Gasteiger partial charge in [-0.3, -0.25) is 10.2 Å². The summed E-state index contributed by atoms with van der Waals surface area (Å²) >= 11 is 0. The predicted octanol–water partition coefficient (Wildman–Crippen LogP) is 4.90. The van der Waals surface area contributed by atoms with Gasteiger partial charge in [-0.15, -0.1) is 17.0 Å². The van der Waals surface area contributed by atoms with Crippen molar-refractivity contribution in [3.05, 3.63) is 89.0 Å². The first-order valence-corrected chi connectivity index (χ1v) is 11.6. The number of nitrogens with zero attached hydrogens (tertiary/aromatic N) is 2. The van der Waals surface area contributed by atoms with Gasteiger partial charge in [-0.25, -0.2) is 4.79 Å². The third-order valence-electron chi connectivity index (χ3n) is 6.02. The summed E-state index contributed by atoms with van der Waals surface area (Å²) in [5.41, 5.74) is 3.03. The average molecular weight is 568 g/mol. The van der Waals surface area contributed by atoms with E-state index < -0.39 is 18.0 Å². The fourth-order valence-electron chi connectivity index (χ4n) is 4.21. The number of benzene rings is 3. The molecule has 0 aliphatic heterocycles. The molecule has 0 amide bonds. The number of phenols is 1. The van der Waals surface area contributed by atoms with Crippen LogP contribution in [0.25, 0.3) is 11.0 Å². The lowest BCUT2D eigenvalue weighted by atomic mass is 9.84. The van der Waals surface area contributed by atoms with Gasteiger partial charge in [-0.2, -0.15) is 0 Å². The SMILES string of the molecule is Br.CC(C)(C)c1cc(C(=O)Cn2c(=N)n(Cc3ccccc3)c3ccccc32)cc(OCC(=O)O)c1O. The number of hydrogen-bond acceptors (Lipinski definition) is 5. The van der Waals surface area contributed by atoms with E-state index in [-0.39, 0.29) is 52.0 Å². The van der Waals surface area contributed by atoms with E-state index in [1.54, 1.807) is 10.6 Å². The molecular weight excluding hydrogens is 538 g/mol. The number of ether oxygens (including phenoxy) is 1. The van der Waals surface area contributed by atoms with Crippen LogP contribution in [0, 0.1) is 5.41 Å². The number of imidazole rings is 1. The van der Waals surface area contributed by atoms with Gasteiger partial charge in [-0.05, 0) is 35.2 Å². The molecule has 1 aromatic heterocycles. The molecule has 0 unspecified atom stereocenters. The van der Waals surface area contributed by atoms with Crippen LogP contribution in [-0.4, -0.2) is 37.7 Å². The fourth-order valence-corrected chi connectivity index (χ4v) is 4.21. The van der Waals surface area contributed by atoms with Crippen LogP contribution in [0.3, 0.4) is 0 Å². The Morgan fingerprint density at radius 2 is 1.54 bits per heavy atom. The molecular formula is C28H30BrN3O5. The molecule has 0 saturated heterocycles. The maximum absolute atomic E-state index is 13.5. The molecule has 0 bridgehead atoms. The Hall–Kier alpha value is -3.85. The quantitative estimate of drug-likeness (QED) is 0.262. The van der Waals surface area contributed by atoms with Crippen molar-refractivity contribution in [2.75, 3.05) is 6.61 Å². The number of carboxylic acids is 1.